The Balaban J connectivity index is 3.57. The Hall–Kier alpha value is -1.06. The summed E-state index contributed by atoms with van der Waals surface area (Å²) < 4.78 is 10.9. The van der Waals surface area contributed by atoms with Crippen molar-refractivity contribution in [2.75, 3.05) is 6.61 Å². The molecule has 0 aliphatic rings. The van der Waals surface area contributed by atoms with Crippen LogP contribution >= 0.6 is 0 Å². The Labute approximate surface area is 167 Å². The molecular weight excluding hydrogens is 340 g/mol. The van der Waals surface area contributed by atoms with E-state index < -0.39 is 0 Å². The fraction of sp³-hybridized carbons (Fsp3) is 0.913. The monoisotopic (exact) mass is 384 g/mol. The van der Waals surface area contributed by atoms with E-state index in [1.807, 2.05) is 0 Å². The van der Waals surface area contributed by atoms with E-state index in [-0.39, 0.29) is 18.0 Å². The highest BCUT2D eigenvalue weighted by Gasteiger charge is 2.13. The van der Waals surface area contributed by atoms with E-state index in [4.69, 9.17) is 9.47 Å². The Morgan fingerprint density at radius 2 is 1.22 bits per heavy atom. The molecule has 0 aromatic rings. The van der Waals surface area contributed by atoms with Crippen LogP contribution in [0.5, 0.6) is 0 Å². The highest BCUT2D eigenvalue weighted by atomic mass is 16.5. The maximum Gasteiger partial charge on any atom is 0.306 e. The third-order valence-electron chi connectivity index (χ3n) is 4.81. The van der Waals surface area contributed by atoms with Crippen molar-refractivity contribution >= 4 is 11.9 Å². The number of rotatable bonds is 19. The van der Waals surface area contributed by atoms with E-state index in [1.165, 1.54) is 25.7 Å². The molecule has 0 saturated heterocycles. The standard InChI is InChI=1S/C23H44O4/c1-4-7-9-10-11-15-20-26-22(24)18-13-12-14-19-23(25)27-21(16-6-3)17-8-5-2/h21H,4-20H2,1-3H3. The number of unbranched alkanes of at least 4 members (excludes halogenated alkanes) is 8. The molecule has 0 aliphatic carbocycles. The normalized spacial score (nSPS) is 12.0. The molecule has 0 aliphatic heterocycles. The Kier molecular flexibility index (Phi) is 18.9. The SMILES string of the molecule is CCCCCCCCOC(=O)CCCCCC(=O)OC(CCC)CCCC. The summed E-state index contributed by atoms with van der Waals surface area (Å²) in [6, 6.07) is 0. The number of carbonyl (C=O) groups excluding carboxylic acids is 2. The zero-order valence-corrected chi connectivity index (χ0v) is 18.2. The van der Waals surface area contributed by atoms with Gasteiger partial charge < -0.3 is 9.47 Å². The molecule has 4 nitrogen and oxygen atoms in total. The molecule has 1 atom stereocenters. The average Bonchev–Trinajstić information content (AvgIpc) is 2.65. The Morgan fingerprint density at radius 1 is 0.630 bits per heavy atom. The first-order chi connectivity index (χ1) is 13.1. The third-order valence-corrected chi connectivity index (χ3v) is 4.81. The number of ether oxygens (including phenoxy) is 2. The van der Waals surface area contributed by atoms with Gasteiger partial charge in [0.15, 0.2) is 0 Å². The molecule has 160 valence electrons. The molecule has 0 aromatic carbocycles. The van der Waals surface area contributed by atoms with Gasteiger partial charge in [-0.05, 0) is 32.1 Å². The van der Waals surface area contributed by atoms with Gasteiger partial charge in [-0.2, -0.15) is 0 Å². The first-order valence-electron chi connectivity index (χ1n) is 11.5. The van der Waals surface area contributed by atoms with E-state index in [1.54, 1.807) is 0 Å². The van der Waals surface area contributed by atoms with Crippen LogP contribution in [0.15, 0.2) is 0 Å². The summed E-state index contributed by atoms with van der Waals surface area (Å²) in [4.78, 5) is 23.6. The van der Waals surface area contributed by atoms with Crippen molar-refractivity contribution in [3.05, 3.63) is 0 Å². The van der Waals surface area contributed by atoms with Gasteiger partial charge in [0, 0.05) is 12.8 Å². The lowest BCUT2D eigenvalue weighted by Gasteiger charge is -2.17. The van der Waals surface area contributed by atoms with Crippen molar-refractivity contribution in [3.63, 3.8) is 0 Å². The molecule has 0 aromatic heterocycles. The van der Waals surface area contributed by atoms with Gasteiger partial charge in [0.05, 0.1) is 6.61 Å². The first kappa shape index (κ1) is 25.9. The maximum atomic E-state index is 11.9. The van der Waals surface area contributed by atoms with Gasteiger partial charge in [-0.25, -0.2) is 0 Å². The summed E-state index contributed by atoms with van der Waals surface area (Å²) in [5, 5.41) is 0. The Bertz CT molecular complexity index is 354. The van der Waals surface area contributed by atoms with Crippen molar-refractivity contribution in [1.82, 2.24) is 0 Å². The lowest BCUT2D eigenvalue weighted by molar-refractivity contribution is -0.150. The summed E-state index contributed by atoms with van der Waals surface area (Å²) in [5.41, 5.74) is 0. The zero-order chi connectivity index (χ0) is 20.2. The van der Waals surface area contributed by atoms with Gasteiger partial charge >= 0.3 is 11.9 Å². The van der Waals surface area contributed by atoms with E-state index in [9.17, 15) is 9.59 Å². The molecule has 0 fully saturated rings. The van der Waals surface area contributed by atoms with Crippen LogP contribution in [0.2, 0.25) is 0 Å². The predicted molar refractivity (Wildman–Crippen MR) is 112 cm³/mol. The molecule has 0 spiro atoms. The van der Waals surface area contributed by atoms with Crippen molar-refractivity contribution in [1.29, 1.82) is 0 Å². The van der Waals surface area contributed by atoms with Gasteiger partial charge in [-0.15, -0.1) is 0 Å². The quantitative estimate of drug-likeness (QED) is 0.183. The summed E-state index contributed by atoms with van der Waals surface area (Å²) >= 11 is 0. The summed E-state index contributed by atoms with van der Waals surface area (Å²) in [6.07, 6.45) is 15.8. The molecule has 27 heavy (non-hydrogen) atoms. The minimum Gasteiger partial charge on any atom is -0.466 e. The molecule has 0 amide bonds. The van der Waals surface area contributed by atoms with Crippen LogP contribution in [0.1, 0.15) is 124 Å². The van der Waals surface area contributed by atoms with Gasteiger partial charge in [0.2, 0.25) is 0 Å². The van der Waals surface area contributed by atoms with Crippen LogP contribution in [0, 0.1) is 0 Å². The first-order valence-corrected chi connectivity index (χ1v) is 11.5. The fourth-order valence-corrected chi connectivity index (χ4v) is 3.12. The van der Waals surface area contributed by atoms with Crippen molar-refractivity contribution < 1.29 is 19.1 Å². The van der Waals surface area contributed by atoms with Crippen molar-refractivity contribution in [2.24, 2.45) is 0 Å². The smallest absolute Gasteiger partial charge is 0.306 e. The highest BCUT2D eigenvalue weighted by molar-refractivity contribution is 5.70. The second-order valence-electron chi connectivity index (χ2n) is 7.59. The van der Waals surface area contributed by atoms with Crippen LogP contribution in [0.3, 0.4) is 0 Å². The lowest BCUT2D eigenvalue weighted by atomic mass is 10.1. The molecule has 1 unspecified atom stereocenters. The van der Waals surface area contributed by atoms with Gasteiger partial charge in [0.25, 0.3) is 0 Å². The molecule has 0 radical (unpaired) electrons. The highest BCUT2D eigenvalue weighted by Crippen LogP contribution is 2.13. The minimum atomic E-state index is -0.103. The molecule has 0 bridgehead atoms. The number of esters is 2. The van der Waals surface area contributed by atoms with E-state index in [0.717, 1.165) is 64.2 Å². The molecule has 0 heterocycles. The summed E-state index contributed by atoms with van der Waals surface area (Å²) in [6.45, 7) is 7.04. The summed E-state index contributed by atoms with van der Waals surface area (Å²) in [7, 11) is 0. The number of carbonyl (C=O) groups is 2. The van der Waals surface area contributed by atoms with E-state index in [0.29, 0.717) is 19.4 Å². The zero-order valence-electron chi connectivity index (χ0n) is 18.2. The third kappa shape index (κ3) is 18.1. The van der Waals surface area contributed by atoms with E-state index >= 15 is 0 Å². The topological polar surface area (TPSA) is 52.6 Å². The van der Waals surface area contributed by atoms with E-state index in [2.05, 4.69) is 20.8 Å². The summed E-state index contributed by atoms with van der Waals surface area (Å²) in [5.74, 6) is -0.191. The second-order valence-corrected chi connectivity index (χ2v) is 7.59. The molecular formula is C23H44O4. The van der Waals surface area contributed by atoms with Crippen molar-refractivity contribution in [2.45, 2.75) is 130 Å². The maximum absolute atomic E-state index is 11.9. The number of hydrogen-bond acceptors (Lipinski definition) is 4. The molecule has 0 N–H and O–H groups in total. The molecule has 0 saturated carbocycles. The molecule has 0 rings (SSSR count). The van der Waals surface area contributed by atoms with Crippen LogP contribution in [0.4, 0.5) is 0 Å². The predicted octanol–water partition coefficient (Wildman–Crippen LogP) is 6.74. The molecule has 4 heteroatoms. The van der Waals surface area contributed by atoms with Crippen molar-refractivity contribution in [3.8, 4) is 0 Å². The van der Waals surface area contributed by atoms with Crippen LogP contribution in [0.25, 0.3) is 0 Å². The minimum absolute atomic E-state index is 0.0828. The Morgan fingerprint density at radius 3 is 1.89 bits per heavy atom. The van der Waals surface area contributed by atoms with Crippen LogP contribution in [-0.2, 0) is 19.1 Å². The van der Waals surface area contributed by atoms with Crippen LogP contribution < -0.4 is 0 Å². The van der Waals surface area contributed by atoms with Crippen LogP contribution in [-0.4, -0.2) is 24.6 Å². The average molecular weight is 385 g/mol. The second kappa shape index (κ2) is 19.7. The van der Waals surface area contributed by atoms with Gasteiger partial charge in [-0.1, -0.05) is 78.6 Å². The fourth-order valence-electron chi connectivity index (χ4n) is 3.12. The lowest BCUT2D eigenvalue weighted by Crippen LogP contribution is -2.18. The number of hydrogen-bond donors (Lipinski definition) is 0. The van der Waals surface area contributed by atoms with Gasteiger partial charge in [-0.3, -0.25) is 9.59 Å². The van der Waals surface area contributed by atoms with Gasteiger partial charge in [0.1, 0.15) is 6.10 Å². The largest absolute Gasteiger partial charge is 0.466 e.